The number of nitrogens with zero attached hydrogens (tertiary/aromatic N) is 3. The molecule has 0 spiro atoms. The van der Waals surface area contributed by atoms with Crippen LogP contribution in [0.3, 0.4) is 0 Å². The second kappa shape index (κ2) is 8.06. The first-order chi connectivity index (χ1) is 11.4. The van der Waals surface area contributed by atoms with E-state index in [1.807, 2.05) is 43.6 Å². The molecule has 0 saturated heterocycles. The molecule has 5 nitrogen and oxygen atoms in total. The Bertz CT molecular complexity index is 694. The predicted molar refractivity (Wildman–Crippen MR) is 92.9 cm³/mol. The zero-order chi connectivity index (χ0) is 17.7. The molecule has 0 aliphatic heterocycles. The van der Waals surface area contributed by atoms with Crippen molar-refractivity contribution in [2.24, 2.45) is 5.92 Å². The highest BCUT2D eigenvalue weighted by Crippen LogP contribution is 2.22. The number of hydrogen-bond acceptors (Lipinski definition) is 3. The lowest BCUT2D eigenvalue weighted by molar-refractivity contribution is -0.124. The summed E-state index contributed by atoms with van der Waals surface area (Å²) in [5, 5.41) is 7.42. The maximum Gasteiger partial charge on any atom is 0.222 e. The highest BCUT2D eigenvalue weighted by molar-refractivity contribution is 5.77. The van der Waals surface area contributed by atoms with Crippen molar-refractivity contribution < 1.29 is 9.18 Å². The van der Waals surface area contributed by atoms with Gasteiger partial charge in [0.25, 0.3) is 0 Å². The summed E-state index contributed by atoms with van der Waals surface area (Å²) in [6.07, 6.45) is 0. The Hall–Kier alpha value is -2.21. The molecule has 130 valence electrons. The second-order valence-electron chi connectivity index (χ2n) is 6.41. The fourth-order valence-corrected chi connectivity index (χ4v) is 2.39. The Labute approximate surface area is 142 Å². The first-order valence-corrected chi connectivity index (χ1v) is 8.12. The zero-order valence-electron chi connectivity index (χ0n) is 14.7. The van der Waals surface area contributed by atoms with Crippen molar-refractivity contribution in [3.05, 3.63) is 41.8 Å². The zero-order valence-corrected chi connectivity index (χ0v) is 14.7. The normalized spacial score (nSPS) is 11.3. The van der Waals surface area contributed by atoms with E-state index in [0.29, 0.717) is 30.9 Å². The largest absolute Gasteiger partial charge is 0.354 e. The summed E-state index contributed by atoms with van der Waals surface area (Å²) < 4.78 is 15.8. The number of carbonyl (C=O) groups is 1. The van der Waals surface area contributed by atoms with Crippen LogP contribution >= 0.6 is 0 Å². The van der Waals surface area contributed by atoms with Gasteiger partial charge in [0.1, 0.15) is 5.82 Å². The maximum absolute atomic E-state index is 14.0. The average molecular weight is 332 g/mol. The van der Waals surface area contributed by atoms with Crippen LogP contribution in [-0.2, 0) is 17.9 Å². The predicted octanol–water partition coefficient (Wildman–Crippen LogP) is 2.52. The van der Waals surface area contributed by atoms with Crippen molar-refractivity contribution in [2.45, 2.75) is 26.9 Å². The van der Waals surface area contributed by atoms with Crippen LogP contribution in [-0.4, -0.2) is 41.2 Å². The molecule has 0 atom stereocenters. The number of carbonyl (C=O) groups excluding carboxylic acids is 1. The molecule has 0 unspecified atom stereocenters. The van der Waals surface area contributed by atoms with Crippen LogP contribution in [0.2, 0.25) is 0 Å². The molecular formula is C18H25FN4O. The monoisotopic (exact) mass is 332 g/mol. The van der Waals surface area contributed by atoms with Crippen LogP contribution in [0.15, 0.2) is 30.3 Å². The van der Waals surface area contributed by atoms with Crippen LogP contribution in [0, 0.1) is 11.7 Å². The van der Waals surface area contributed by atoms with E-state index in [9.17, 15) is 9.18 Å². The molecule has 0 fully saturated rings. The lowest BCUT2D eigenvalue weighted by Gasteiger charge is -2.13. The summed E-state index contributed by atoms with van der Waals surface area (Å²) in [6.45, 7) is 5.46. The third-order valence-corrected chi connectivity index (χ3v) is 3.64. The van der Waals surface area contributed by atoms with Gasteiger partial charge in [0.05, 0.1) is 17.9 Å². The van der Waals surface area contributed by atoms with Gasteiger partial charge in [0.2, 0.25) is 5.91 Å². The van der Waals surface area contributed by atoms with Gasteiger partial charge in [-0.2, -0.15) is 5.10 Å². The van der Waals surface area contributed by atoms with Crippen molar-refractivity contribution in [1.29, 1.82) is 0 Å². The van der Waals surface area contributed by atoms with E-state index < -0.39 is 0 Å². The van der Waals surface area contributed by atoms with Crippen molar-refractivity contribution in [1.82, 2.24) is 20.0 Å². The minimum Gasteiger partial charge on any atom is -0.354 e. The third kappa shape index (κ3) is 4.64. The Morgan fingerprint density at radius 2 is 2.04 bits per heavy atom. The van der Waals surface area contributed by atoms with Crippen LogP contribution < -0.4 is 5.32 Å². The number of rotatable bonds is 7. The summed E-state index contributed by atoms with van der Waals surface area (Å²) >= 11 is 0. The van der Waals surface area contributed by atoms with Crippen molar-refractivity contribution in [2.75, 3.05) is 20.6 Å². The maximum atomic E-state index is 14.0. The molecule has 1 heterocycles. The summed E-state index contributed by atoms with van der Waals surface area (Å²) in [4.78, 5) is 13.7. The van der Waals surface area contributed by atoms with Gasteiger partial charge in [-0.05, 0) is 32.3 Å². The number of halogens is 1. The van der Waals surface area contributed by atoms with Gasteiger partial charge in [0.15, 0.2) is 0 Å². The van der Waals surface area contributed by atoms with Gasteiger partial charge in [-0.15, -0.1) is 0 Å². The van der Waals surface area contributed by atoms with Gasteiger partial charge >= 0.3 is 0 Å². The molecule has 0 saturated carbocycles. The first kappa shape index (κ1) is 18.1. The van der Waals surface area contributed by atoms with E-state index in [1.54, 1.807) is 18.2 Å². The number of hydrogen-bond donors (Lipinski definition) is 1. The van der Waals surface area contributed by atoms with Crippen molar-refractivity contribution in [3.63, 3.8) is 0 Å². The summed E-state index contributed by atoms with van der Waals surface area (Å²) in [7, 11) is 3.95. The van der Waals surface area contributed by atoms with E-state index in [2.05, 4.69) is 10.4 Å². The fourth-order valence-electron chi connectivity index (χ4n) is 2.39. The minimum absolute atomic E-state index is 0.0191. The SMILES string of the molecule is CC(C)C(=O)NCCn1nc(-c2ccccc2F)cc1CN(C)C. The van der Waals surface area contributed by atoms with E-state index in [0.717, 1.165) is 5.69 Å². The smallest absolute Gasteiger partial charge is 0.222 e. The quantitative estimate of drug-likeness (QED) is 0.848. The van der Waals surface area contributed by atoms with Crippen LogP contribution in [0.1, 0.15) is 19.5 Å². The van der Waals surface area contributed by atoms with Gasteiger partial charge in [-0.1, -0.05) is 26.0 Å². The highest BCUT2D eigenvalue weighted by atomic mass is 19.1. The standard InChI is InChI=1S/C18H25FN4O/c1-13(2)18(24)20-9-10-23-14(12-22(3)4)11-17(21-23)15-7-5-6-8-16(15)19/h5-8,11,13H,9-10,12H2,1-4H3,(H,20,24). The molecule has 1 aromatic heterocycles. The Kier molecular flexibility index (Phi) is 6.09. The number of benzene rings is 1. The molecule has 2 aromatic rings. The summed E-state index contributed by atoms with van der Waals surface area (Å²) in [5.41, 5.74) is 2.08. The minimum atomic E-state index is -0.285. The van der Waals surface area contributed by atoms with Gasteiger partial charge < -0.3 is 10.2 Å². The van der Waals surface area contributed by atoms with Crippen molar-refractivity contribution in [3.8, 4) is 11.3 Å². The van der Waals surface area contributed by atoms with Gasteiger partial charge in [0, 0.05) is 24.6 Å². The van der Waals surface area contributed by atoms with Gasteiger partial charge in [-0.25, -0.2) is 4.39 Å². The molecule has 2 rings (SSSR count). The Balaban J connectivity index is 2.19. The molecule has 1 N–H and O–H groups in total. The van der Waals surface area contributed by atoms with E-state index >= 15 is 0 Å². The molecule has 1 aromatic carbocycles. The lowest BCUT2D eigenvalue weighted by Crippen LogP contribution is -2.31. The molecular weight excluding hydrogens is 307 g/mol. The molecule has 0 aliphatic carbocycles. The third-order valence-electron chi connectivity index (χ3n) is 3.64. The Morgan fingerprint density at radius 3 is 2.67 bits per heavy atom. The molecule has 24 heavy (non-hydrogen) atoms. The topological polar surface area (TPSA) is 50.2 Å². The highest BCUT2D eigenvalue weighted by Gasteiger charge is 2.13. The molecule has 0 radical (unpaired) electrons. The number of aromatic nitrogens is 2. The second-order valence-corrected chi connectivity index (χ2v) is 6.41. The molecule has 6 heteroatoms. The van der Waals surface area contributed by atoms with E-state index in [4.69, 9.17) is 0 Å². The molecule has 0 aliphatic rings. The van der Waals surface area contributed by atoms with E-state index in [1.165, 1.54) is 6.07 Å². The van der Waals surface area contributed by atoms with Crippen LogP contribution in [0.5, 0.6) is 0 Å². The Morgan fingerprint density at radius 1 is 1.33 bits per heavy atom. The van der Waals surface area contributed by atoms with Crippen LogP contribution in [0.25, 0.3) is 11.3 Å². The van der Waals surface area contributed by atoms with Crippen molar-refractivity contribution >= 4 is 5.91 Å². The van der Waals surface area contributed by atoms with E-state index in [-0.39, 0.29) is 17.6 Å². The summed E-state index contributed by atoms with van der Waals surface area (Å²) in [6, 6.07) is 8.53. The average Bonchev–Trinajstić information content (AvgIpc) is 2.89. The molecule has 1 amide bonds. The van der Waals surface area contributed by atoms with Gasteiger partial charge in [-0.3, -0.25) is 9.48 Å². The molecule has 0 bridgehead atoms. The number of amides is 1. The summed E-state index contributed by atoms with van der Waals surface area (Å²) in [5.74, 6) is -0.310. The van der Waals surface area contributed by atoms with Crippen LogP contribution in [0.4, 0.5) is 4.39 Å². The first-order valence-electron chi connectivity index (χ1n) is 8.12. The lowest BCUT2D eigenvalue weighted by atomic mass is 10.1. The fraction of sp³-hybridized carbons (Fsp3) is 0.444. The number of nitrogens with one attached hydrogen (secondary N) is 1.